The lowest BCUT2D eigenvalue weighted by atomic mass is 9.95. The molecule has 34 heavy (non-hydrogen) atoms. The standard InChI is InChI=1S/C25H23N3O5S/c1-5-11-33-24(30)21-15(2)27-25-28(22(21)17-8-9-18(31-3)19(13-17)32-4)23(29)20(34-25)12-16-7-6-10-26-14-16/h5-10,12-14,22H,1,11H2,2-4H3/b20-12-/t22-/m1/s1. The molecule has 2 aromatic heterocycles. The number of aromatic nitrogens is 2. The number of ether oxygens (including phenoxy) is 3. The lowest BCUT2D eigenvalue weighted by Gasteiger charge is -2.25. The minimum atomic E-state index is -0.760. The largest absolute Gasteiger partial charge is 0.493 e. The highest BCUT2D eigenvalue weighted by Crippen LogP contribution is 2.36. The highest BCUT2D eigenvalue weighted by Gasteiger charge is 2.34. The van der Waals surface area contributed by atoms with E-state index in [9.17, 15) is 9.59 Å². The molecule has 1 atom stereocenters. The van der Waals surface area contributed by atoms with Gasteiger partial charge < -0.3 is 14.2 Å². The molecule has 9 heteroatoms. The first kappa shape index (κ1) is 23.2. The molecule has 3 heterocycles. The van der Waals surface area contributed by atoms with Crippen LogP contribution in [0.3, 0.4) is 0 Å². The molecule has 0 aliphatic carbocycles. The molecule has 0 bridgehead atoms. The number of rotatable bonds is 7. The first-order chi connectivity index (χ1) is 16.5. The van der Waals surface area contributed by atoms with Gasteiger partial charge in [-0.3, -0.25) is 14.3 Å². The molecular weight excluding hydrogens is 454 g/mol. The van der Waals surface area contributed by atoms with E-state index in [-0.39, 0.29) is 17.7 Å². The Morgan fingerprint density at radius 2 is 2.03 bits per heavy atom. The number of methoxy groups -OCH3 is 2. The van der Waals surface area contributed by atoms with Gasteiger partial charge in [-0.2, -0.15) is 0 Å². The number of fused-ring (bicyclic) bond motifs is 1. The quantitative estimate of drug-likeness (QED) is 0.383. The third-order valence-corrected chi connectivity index (χ3v) is 6.26. The molecule has 1 aliphatic rings. The maximum Gasteiger partial charge on any atom is 0.338 e. The highest BCUT2D eigenvalue weighted by atomic mass is 32.1. The first-order valence-corrected chi connectivity index (χ1v) is 11.2. The number of benzene rings is 1. The van der Waals surface area contributed by atoms with Gasteiger partial charge in [0.05, 0.1) is 36.1 Å². The zero-order valence-corrected chi connectivity index (χ0v) is 19.8. The third-order valence-electron chi connectivity index (χ3n) is 5.28. The molecule has 1 aliphatic heterocycles. The Bertz CT molecular complexity index is 1450. The summed E-state index contributed by atoms with van der Waals surface area (Å²) in [6, 6.07) is 8.18. The summed E-state index contributed by atoms with van der Waals surface area (Å²) in [7, 11) is 3.07. The number of hydrogen-bond donors (Lipinski definition) is 0. The molecule has 0 saturated carbocycles. The molecular formula is C25H23N3O5S. The number of esters is 1. The van der Waals surface area contributed by atoms with E-state index in [0.717, 1.165) is 5.56 Å². The maximum atomic E-state index is 13.6. The van der Waals surface area contributed by atoms with Crippen LogP contribution in [0.5, 0.6) is 11.5 Å². The van der Waals surface area contributed by atoms with Gasteiger partial charge in [0.15, 0.2) is 16.3 Å². The van der Waals surface area contributed by atoms with Crippen LogP contribution in [0.4, 0.5) is 0 Å². The summed E-state index contributed by atoms with van der Waals surface area (Å²) in [5.41, 5.74) is 1.93. The van der Waals surface area contributed by atoms with E-state index in [4.69, 9.17) is 14.2 Å². The number of allylic oxidation sites excluding steroid dienone is 1. The minimum Gasteiger partial charge on any atom is -0.493 e. The van der Waals surface area contributed by atoms with Crippen LogP contribution in [0, 0.1) is 0 Å². The average Bonchev–Trinajstić information content (AvgIpc) is 3.16. The summed E-state index contributed by atoms with van der Waals surface area (Å²) in [6.07, 6.45) is 6.59. The van der Waals surface area contributed by atoms with E-state index < -0.39 is 12.0 Å². The summed E-state index contributed by atoms with van der Waals surface area (Å²) < 4.78 is 18.2. The maximum absolute atomic E-state index is 13.6. The van der Waals surface area contributed by atoms with Crippen molar-refractivity contribution < 1.29 is 19.0 Å². The number of carbonyl (C=O) groups excluding carboxylic acids is 1. The predicted octanol–water partition coefficient (Wildman–Crippen LogP) is 2.38. The molecule has 3 aromatic rings. The van der Waals surface area contributed by atoms with Gasteiger partial charge in [-0.1, -0.05) is 36.1 Å². The molecule has 0 saturated heterocycles. The molecule has 174 valence electrons. The second-order valence-corrected chi connectivity index (χ2v) is 8.38. The van der Waals surface area contributed by atoms with Gasteiger partial charge >= 0.3 is 5.97 Å². The van der Waals surface area contributed by atoms with Gasteiger partial charge in [0, 0.05) is 12.4 Å². The third kappa shape index (κ3) is 4.29. The monoisotopic (exact) mass is 477 g/mol. The predicted molar refractivity (Wildman–Crippen MR) is 129 cm³/mol. The smallest absolute Gasteiger partial charge is 0.338 e. The fourth-order valence-corrected chi connectivity index (χ4v) is 4.79. The second-order valence-electron chi connectivity index (χ2n) is 7.37. The minimum absolute atomic E-state index is 0.0414. The summed E-state index contributed by atoms with van der Waals surface area (Å²) >= 11 is 1.25. The lowest BCUT2D eigenvalue weighted by molar-refractivity contribution is -0.138. The Morgan fingerprint density at radius 3 is 2.71 bits per heavy atom. The van der Waals surface area contributed by atoms with Gasteiger partial charge in [0.2, 0.25) is 0 Å². The molecule has 0 N–H and O–H groups in total. The van der Waals surface area contributed by atoms with Crippen LogP contribution in [-0.2, 0) is 9.53 Å². The van der Waals surface area contributed by atoms with Crippen LogP contribution < -0.4 is 24.4 Å². The first-order valence-electron chi connectivity index (χ1n) is 10.4. The van der Waals surface area contributed by atoms with Crippen molar-refractivity contribution in [1.82, 2.24) is 9.55 Å². The zero-order chi connectivity index (χ0) is 24.2. The number of thiazole rings is 1. The van der Waals surface area contributed by atoms with Crippen molar-refractivity contribution in [3.05, 3.63) is 97.5 Å². The second kappa shape index (κ2) is 9.88. The number of nitrogens with zero attached hydrogens (tertiary/aromatic N) is 3. The molecule has 0 radical (unpaired) electrons. The topological polar surface area (TPSA) is 92.0 Å². The summed E-state index contributed by atoms with van der Waals surface area (Å²) in [4.78, 5) is 35.8. The van der Waals surface area contributed by atoms with Gasteiger partial charge in [-0.15, -0.1) is 0 Å². The van der Waals surface area contributed by atoms with Gasteiger partial charge in [0.1, 0.15) is 6.61 Å². The molecule has 0 spiro atoms. The Hall–Kier alpha value is -3.98. The normalized spacial score (nSPS) is 15.4. The molecule has 1 aromatic carbocycles. The van der Waals surface area contributed by atoms with E-state index in [1.54, 1.807) is 56.8 Å². The summed E-state index contributed by atoms with van der Waals surface area (Å²) in [5, 5.41) is 0. The van der Waals surface area contributed by atoms with Crippen molar-refractivity contribution in [3.8, 4) is 11.5 Å². The number of carbonyl (C=O) groups is 1. The van der Waals surface area contributed by atoms with Crippen molar-refractivity contribution in [3.63, 3.8) is 0 Å². The van der Waals surface area contributed by atoms with Crippen molar-refractivity contribution in [2.45, 2.75) is 13.0 Å². The van der Waals surface area contributed by atoms with E-state index in [1.807, 2.05) is 6.07 Å². The van der Waals surface area contributed by atoms with Crippen molar-refractivity contribution >= 4 is 23.4 Å². The van der Waals surface area contributed by atoms with E-state index in [1.165, 1.54) is 29.1 Å². The van der Waals surface area contributed by atoms with Crippen LogP contribution >= 0.6 is 11.3 Å². The fraction of sp³-hybridized carbons (Fsp3) is 0.200. The molecule has 0 fully saturated rings. The van der Waals surface area contributed by atoms with Gasteiger partial charge in [0.25, 0.3) is 5.56 Å². The van der Waals surface area contributed by atoms with Crippen LogP contribution in [0.1, 0.15) is 24.1 Å². The summed E-state index contributed by atoms with van der Waals surface area (Å²) in [6.45, 7) is 5.37. The Balaban J connectivity index is 1.96. The fourth-order valence-electron chi connectivity index (χ4n) is 3.75. The zero-order valence-electron chi connectivity index (χ0n) is 19.0. The van der Waals surface area contributed by atoms with Crippen LogP contribution in [0.15, 0.2) is 76.4 Å². The van der Waals surface area contributed by atoms with Crippen molar-refractivity contribution in [2.75, 3.05) is 20.8 Å². The molecule has 0 unspecified atom stereocenters. The van der Waals surface area contributed by atoms with Crippen LogP contribution in [-0.4, -0.2) is 36.3 Å². The van der Waals surface area contributed by atoms with Crippen LogP contribution in [0.25, 0.3) is 6.08 Å². The SMILES string of the molecule is C=CCOC(=O)C1=C(C)N=c2s/c(=C\c3cccnc3)c(=O)n2[C@@H]1c1ccc(OC)c(OC)c1. The molecule has 0 amide bonds. The Labute approximate surface area is 199 Å². The van der Waals surface area contributed by atoms with Gasteiger partial charge in [-0.25, -0.2) is 9.79 Å². The van der Waals surface area contributed by atoms with Gasteiger partial charge in [-0.05, 0) is 42.3 Å². The van der Waals surface area contributed by atoms with E-state index >= 15 is 0 Å². The number of hydrogen-bond acceptors (Lipinski definition) is 8. The molecule has 4 rings (SSSR count). The van der Waals surface area contributed by atoms with E-state index in [2.05, 4.69) is 16.6 Å². The highest BCUT2D eigenvalue weighted by molar-refractivity contribution is 7.07. The van der Waals surface area contributed by atoms with Crippen LogP contribution in [0.2, 0.25) is 0 Å². The lowest BCUT2D eigenvalue weighted by Crippen LogP contribution is -2.40. The average molecular weight is 478 g/mol. The van der Waals surface area contributed by atoms with E-state index in [0.29, 0.717) is 32.1 Å². The summed E-state index contributed by atoms with van der Waals surface area (Å²) in [5.74, 6) is 0.445. The Kier molecular flexibility index (Phi) is 6.74. The van der Waals surface area contributed by atoms with Crippen molar-refractivity contribution in [2.24, 2.45) is 4.99 Å². The molecule has 8 nitrogen and oxygen atoms in total. The Morgan fingerprint density at radius 1 is 1.24 bits per heavy atom. The number of pyridine rings is 1. The van der Waals surface area contributed by atoms with Crippen molar-refractivity contribution in [1.29, 1.82) is 0 Å².